The van der Waals surface area contributed by atoms with E-state index in [1.807, 2.05) is 0 Å². The molecular weight excluding hydrogens is 402 g/mol. The number of pyridine rings is 1. The van der Waals surface area contributed by atoms with Crippen molar-refractivity contribution in [2.24, 2.45) is 7.05 Å². The van der Waals surface area contributed by atoms with Gasteiger partial charge in [-0.05, 0) is 18.5 Å². The molecule has 0 aliphatic rings. The number of nitrogens with one attached hydrogen (secondary N) is 1. The molecule has 0 saturated heterocycles. The second-order valence-electron chi connectivity index (χ2n) is 4.25. The molecule has 0 aliphatic heterocycles. The van der Waals surface area contributed by atoms with Crippen molar-refractivity contribution in [3.05, 3.63) is 34.3 Å². The minimum Gasteiger partial charge on any atom is -0.274 e. The molecule has 112 valence electrons. The summed E-state index contributed by atoms with van der Waals surface area (Å²) in [6.07, 6.45) is 1.43. The lowest BCUT2D eigenvalue weighted by Gasteiger charge is -2.10. The molecule has 2 aromatic heterocycles. The number of aromatic nitrogens is 3. The maximum Gasteiger partial charge on any atom is 0.350 e. The van der Waals surface area contributed by atoms with Crippen molar-refractivity contribution in [3.63, 3.8) is 0 Å². The summed E-state index contributed by atoms with van der Waals surface area (Å²) in [6, 6.07) is 3.12. The third-order valence-electron chi connectivity index (χ3n) is 2.63. The van der Waals surface area contributed by atoms with Gasteiger partial charge in [-0.3, -0.25) is 4.68 Å². The van der Waals surface area contributed by atoms with Gasteiger partial charge in [-0.1, -0.05) is 29.3 Å². The first kappa shape index (κ1) is 16.8. The van der Waals surface area contributed by atoms with Gasteiger partial charge in [-0.25, -0.2) is 18.0 Å². The van der Waals surface area contributed by atoms with Crippen LogP contribution in [0.15, 0.2) is 23.2 Å². The van der Waals surface area contributed by atoms with E-state index in [9.17, 15) is 8.42 Å². The summed E-state index contributed by atoms with van der Waals surface area (Å²) in [5.74, 6) is 0. The van der Waals surface area contributed by atoms with Gasteiger partial charge in [0, 0.05) is 13.2 Å². The Balaban J connectivity index is 2.30. The Morgan fingerprint density at radius 3 is 2.57 bits per heavy atom. The number of rotatable bonds is 4. The standard InChI is InChI=1S/C10H10BBrCl2N4O2S/c1-6-8(5-18(2)16-6)21(19,20)17-11(12)7-3-4-9(13)15-10(7)14/h3-5,17H,1-2H3. The first-order chi connectivity index (χ1) is 9.70. The number of aryl methyl sites for hydroxylation is 2. The quantitative estimate of drug-likeness (QED) is 0.611. The van der Waals surface area contributed by atoms with E-state index in [1.54, 1.807) is 20.0 Å². The van der Waals surface area contributed by atoms with Gasteiger partial charge in [0.25, 0.3) is 0 Å². The molecule has 0 saturated carbocycles. The van der Waals surface area contributed by atoms with Crippen LogP contribution in [0, 0.1) is 6.92 Å². The van der Waals surface area contributed by atoms with Crippen LogP contribution in [0.2, 0.25) is 10.3 Å². The molecule has 0 aliphatic carbocycles. The van der Waals surface area contributed by atoms with Gasteiger partial charge >= 0.3 is 5.67 Å². The Labute approximate surface area is 141 Å². The van der Waals surface area contributed by atoms with Gasteiger partial charge in [0.1, 0.15) is 15.2 Å². The topological polar surface area (TPSA) is 76.9 Å². The zero-order chi connectivity index (χ0) is 15.8. The molecule has 0 amide bonds. The van der Waals surface area contributed by atoms with E-state index in [-0.39, 0.29) is 15.2 Å². The minimum absolute atomic E-state index is 0.104. The van der Waals surface area contributed by atoms with E-state index in [0.717, 1.165) is 0 Å². The molecule has 11 heteroatoms. The van der Waals surface area contributed by atoms with Crippen LogP contribution in [0.1, 0.15) is 5.69 Å². The summed E-state index contributed by atoms with van der Waals surface area (Å²) in [5, 5.41) is 4.36. The van der Waals surface area contributed by atoms with E-state index in [0.29, 0.717) is 11.2 Å². The molecule has 0 spiro atoms. The Kier molecular flexibility index (Phi) is 4.99. The van der Waals surface area contributed by atoms with E-state index < -0.39 is 15.7 Å². The van der Waals surface area contributed by atoms with Crippen molar-refractivity contribution in [3.8, 4) is 0 Å². The van der Waals surface area contributed by atoms with Crippen molar-refractivity contribution in [1.29, 1.82) is 0 Å². The highest BCUT2D eigenvalue weighted by atomic mass is 79.9. The largest absolute Gasteiger partial charge is 0.350 e. The average Bonchev–Trinajstić information content (AvgIpc) is 2.68. The Bertz CT molecular complexity index is 783. The van der Waals surface area contributed by atoms with Crippen molar-refractivity contribution in [2.75, 3.05) is 0 Å². The Morgan fingerprint density at radius 2 is 2.05 bits per heavy atom. The van der Waals surface area contributed by atoms with Gasteiger partial charge in [0.2, 0.25) is 10.0 Å². The number of hydrogen-bond acceptors (Lipinski definition) is 4. The van der Waals surface area contributed by atoms with Crippen molar-refractivity contribution < 1.29 is 8.42 Å². The summed E-state index contributed by atoms with van der Waals surface area (Å²) >= 11 is 14.9. The van der Waals surface area contributed by atoms with Crippen LogP contribution < -0.4 is 10.1 Å². The van der Waals surface area contributed by atoms with Crippen LogP contribution in [0.5, 0.6) is 0 Å². The summed E-state index contributed by atoms with van der Waals surface area (Å²) < 4.78 is 28.6. The minimum atomic E-state index is -3.74. The maximum absolute atomic E-state index is 12.3. The number of hydrogen-bond donors (Lipinski definition) is 1. The summed E-state index contributed by atoms with van der Waals surface area (Å²) in [4.78, 5) is 3.97. The van der Waals surface area contributed by atoms with Crippen LogP contribution in [-0.4, -0.2) is 28.9 Å². The fraction of sp³-hybridized carbons (Fsp3) is 0.200. The number of halogens is 3. The molecule has 6 nitrogen and oxygen atoms in total. The van der Waals surface area contributed by atoms with E-state index >= 15 is 0 Å². The highest BCUT2D eigenvalue weighted by molar-refractivity contribution is 9.25. The third kappa shape index (κ3) is 3.78. The Hall–Kier alpha value is -0.605. The van der Waals surface area contributed by atoms with Crippen LogP contribution in [-0.2, 0) is 17.1 Å². The molecule has 2 heterocycles. The van der Waals surface area contributed by atoms with E-state index in [4.69, 9.17) is 23.2 Å². The summed E-state index contributed by atoms with van der Waals surface area (Å²) in [7, 11) is -2.09. The van der Waals surface area contributed by atoms with Crippen molar-refractivity contribution >= 4 is 60.1 Å². The smallest absolute Gasteiger partial charge is 0.274 e. The maximum atomic E-state index is 12.3. The molecule has 2 rings (SSSR count). The lowest BCUT2D eigenvalue weighted by atomic mass is 9.86. The highest BCUT2D eigenvalue weighted by Gasteiger charge is 2.27. The zero-order valence-corrected chi connectivity index (χ0v) is 14.9. The molecule has 0 unspecified atom stereocenters. The van der Waals surface area contributed by atoms with Crippen LogP contribution in [0.3, 0.4) is 0 Å². The monoisotopic (exact) mass is 410 g/mol. The molecule has 0 fully saturated rings. The first-order valence-electron chi connectivity index (χ1n) is 5.69. The predicted octanol–water partition coefficient (Wildman–Crippen LogP) is 1.50. The second kappa shape index (κ2) is 6.25. The highest BCUT2D eigenvalue weighted by Crippen LogP contribution is 2.15. The molecule has 21 heavy (non-hydrogen) atoms. The normalized spacial score (nSPS) is 11.7. The Morgan fingerprint density at radius 1 is 1.38 bits per heavy atom. The van der Waals surface area contributed by atoms with Gasteiger partial charge in [0.15, 0.2) is 0 Å². The van der Waals surface area contributed by atoms with E-state index in [2.05, 4.69) is 30.5 Å². The van der Waals surface area contributed by atoms with Crippen LogP contribution in [0.25, 0.3) is 0 Å². The van der Waals surface area contributed by atoms with E-state index in [1.165, 1.54) is 16.9 Å². The molecule has 0 atom stereocenters. The molecule has 0 bridgehead atoms. The molecular formula is C10H10BBrCl2N4O2S. The number of nitrogens with zero attached hydrogens (tertiary/aromatic N) is 3. The average molecular weight is 412 g/mol. The van der Waals surface area contributed by atoms with Gasteiger partial charge < -0.3 is 0 Å². The lowest BCUT2D eigenvalue weighted by molar-refractivity contribution is 0.593. The van der Waals surface area contributed by atoms with Gasteiger partial charge in [0.05, 0.1) is 5.69 Å². The van der Waals surface area contributed by atoms with Gasteiger partial charge in [-0.15, -0.1) is 15.8 Å². The zero-order valence-electron chi connectivity index (χ0n) is 11.0. The SMILES string of the molecule is Cc1nn(C)cc1S(=O)(=O)NB(Br)c1ccc(Cl)nc1Cl. The third-order valence-corrected chi connectivity index (χ3v) is 5.70. The first-order valence-corrected chi connectivity index (χ1v) is 8.85. The fourth-order valence-corrected chi connectivity index (χ4v) is 4.66. The van der Waals surface area contributed by atoms with Crippen molar-refractivity contribution in [1.82, 2.24) is 19.4 Å². The molecule has 1 N–H and O–H groups in total. The lowest BCUT2D eigenvalue weighted by Crippen LogP contribution is -2.44. The molecule has 0 aromatic carbocycles. The van der Waals surface area contributed by atoms with Gasteiger partial charge in [-0.2, -0.15) is 5.10 Å². The predicted molar refractivity (Wildman–Crippen MR) is 86.8 cm³/mol. The summed E-state index contributed by atoms with van der Waals surface area (Å²) in [6.45, 7) is 1.62. The second-order valence-corrected chi connectivity index (χ2v) is 7.59. The molecule has 0 radical (unpaired) electrons. The summed E-state index contributed by atoms with van der Waals surface area (Å²) in [5.41, 5.74) is 0.135. The number of sulfonamides is 1. The molecule has 2 aromatic rings. The van der Waals surface area contributed by atoms with Crippen LogP contribution >= 0.6 is 39.0 Å². The van der Waals surface area contributed by atoms with Crippen molar-refractivity contribution in [2.45, 2.75) is 11.8 Å². The van der Waals surface area contributed by atoms with Crippen LogP contribution in [0.4, 0.5) is 0 Å². The fourth-order valence-electron chi connectivity index (χ4n) is 1.72.